The van der Waals surface area contributed by atoms with E-state index in [2.05, 4.69) is 37.7 Å². The summed E-state index contributed by atoms with van der Waals surface area (Å²) >= 11 is 0. The first-order valence-electron chi connectivity index (χ1n) is 15.0. The molecule has 1 aromatic heterocycles. The molecule has 10 heteroatoms. The van der Waals surface area contributed by atoms with Crippen LogP contribution in [0.25, 0.3) is 5.69 Å². The van der Waals surface area contributed by atoms with Crippen molar-refractivity contribution in [3.8, 4) is 22.9 Å². The highest BCUT2D eigenvalue weighted by Gasteiger charge is 2.38. The maximum Gasteiger partial charge on any atom is 0.274 e. The van der Waals surface area contributed by atoms with Crippen molar-refractivity contribution in [1.29, 1.82) is 0 Å². The Balaban J connectivity index is 1.93. The highest BCUT2D eigenvalue weighted by Crippen LogP contribution is 2.42. The molecular weight excluding hydrogens is 522 g/mol. The Hall–Kier alpha value is -3.24. The monoisotopic (exact) mass is 569 g/mol. The minimum absolute atomic E-state index is 0.154. The first-order chi connectivity index (χ1) is 19.9. The molecule has 41 heavy (non-hydrogen) atoms. The predicted octanol–water partition coefficient (Wildman–Crippen LogP) is 3.62. The minimum Gasteiger partial charge on any atom is -0.497 e. The molecule has 3 heterocycles. The van der Waals surface area contributed by atoms with Gasteiger partial charge in [0.2, 0.25) is 0 Å². The molecule has 0 N–H and O–H groups in total. The Morgan fingerprint density at radius 3 is 1.46 bits per heavy atom. The standard InChI is InChI=1S/C31H47N5O5/c1-6-8-22-40-28-26(30(37)34-18-14-32(3)15-19-34)36(24-10-12-25(39-5)13-11-24)27(29(28)41-23-9-7-2)31(38)35-20-16-33(4)17-21-35/h10-13H,6-9,14-23H2,1-5H3. The SMILES string of the molecule is CCCCOc1c(OCCCC)c(C(=O)N2CCN(C)CC2)n(-c2ccc(OC)cc2)c1C(=O)N1CCN(C)CC1. The van der Waals surface area contributed by atoms with Gasteiger partial charge in [-0.15, -0.1) is 0 Å². The fourth-order valence-electron chi connectivity index (χ4n) is 5.13. The van der Waals surface area contributed by atoms with Crippen molar-refractivity contribution in [2.75, 3.05) is 86.8 Å². The molecule has 0 atom stereocenters. The number of amides is 2. The van der Waals surface area contributed by atoms with Gasteiger partial charge >= 0.3 is 0 Å². The van der Waals surface area contributed by atoms with E-state index in [0.717, 1.165) is 51.9 Å². The molecule has 0 unspecified atom stereocenters. The van der Waals surface area contributed by atoms with Crippen molar-refractivity contribution in [2.45, 2.75) is 39.5 Å². The first-order valence-corrected chi connectivity index (χ1v) is 15.0. The summed E-state index contributed by atoms with van der Waals surface area (Å²) in [5, 5.41) is 0. The zero-order valence-corrected chi connectivity index (χ0v) is 25.5. The summed E-state index contributed by atoms with van der Waals surface area (Å²) in [5.74, 6) is 1.12. The number of rotatable bonds is 12. The van der Waals surface area contributed by atoms with Crippen LogP contribution in [0.4, 0.5) is 0 Å². The second-order valence-electron chi connectivity index (χ2n) is 11.0. The summed E-state index contributed by atoms with van der Waals surface area (Å²) in [6.45, 7) is 10.6. The number of methoxy groups -OCH3 is 1. The number of nitrogens with zero attached hydrogens (tertiary/aromatic N) is 5. The fraction of sp³-hybridized carbons (Fsp3) is 0.613. The van der Waals surface area contributed by atoms with Gasteiger partial charge in [0, 0.05) is 58.0 Å². The average Bonchev–Trinajstić information content (AvgIpc) is 3.31. The van der Waals surface area contributed by atoms with Crippen molar-refractivity contribution in [1.82, 2.24) is 24.2 Å². The highest BCUT2D eigenvalue weighted by atomic mass is 16.5. The lowest BCUT2D eigenvalue weighted by molar-refractivity contribution is 0.0646. The van der Waals surface area contributed by atoms with Crippen LogP contribution in [0.2, 0.25) is 0 Å². The van der Waals surface area contributed by atoms with Crippen LogP contribution in [0.1, 0.15) is 60.5 Å². The van der Waals surface area contributed by atoms with Crippen LogP contribution >= 0.6 is 0 Å². The second-order valence-corrected chi connectivity index (χ2v) is 11.0. The zero-order valence-electron chi connectivity index (χ0n) is 25.5. The molecule has 226 valence electrons. The maximum absolute atomic E-state index is 14.4. The van der Waals surface area contributed by atoms with Crippen molar-refractivity contribution >= 4 is 11.8 Å². The lowest BCUT2D eigenvalue weighted by Gasteiger charge is -2.33. The van der Waals surface area contributed by atoms with E-state index in [0.29, 0.717) is 73.7 Å². The number of carbonyl (C=O) groups excluding carboxylic acids is 2. The van der Waals surface area contributed by atoms with Crippen LogP contribution in [0.3, 0.4) is 0 Å². The smallest absolute Gasteiger partial charge is 0.274 e. The summed E-state index contributed by atoms with van der Waals surface area (Å²) in [7, 11) is 5.75. The number of likely N-dealkylation sites (N-methyl/N-ethyl adjacent to an activating group) is 2. The van der Waals surface area contributed by atoms with Gasteiger partial charge in [0.15, 0.2) is 22.9 Å². The molecule has 2 aliphatic rings. The second kappa shape index (κ2) is 14.6. The van der Waals surface area contributed by atoms with Crippen LogP contribution in [-0.2, 0) is 0 Å². The van der Waals surface area contributed by atoms with Crippen LogP contribution in [0.5, 0.6) is 17.2 Å². The third-order valence-corrected chi connectivity index (χ3v) is 7.89. The largest absolute Gasteiger partial charge is 0.497 e. The molecule has 0 bridgehead atoms. The molecule has 0 spiro atoms. The fourth-order valence-corrected chi connectivity index (χ4v) is 5.13. The zero-order chi connectivity index (χ0) is 29.4. The Morgan fingerprint density at radius 1 is 0.683 bits per heavy atom. The van der Waals surface area contributed by atoms with E-state index in [9.17, 15) is 9.59 Å². The topological polar surface area (TPSA) is 79.7 Å². The Kier molecular flexibility index (Phi) is 10.9. The van der Waals surface area contributed by atoms with Gasteiger partial charge in [-0.25, -0.2) is 0 Å². The van der Waals surface area contributed by atoms with Gasteiger partial charge in [-0.3, -0.25) is 14.2 Å². The molecule has 0 aliphatic carbocycles. The molecule has 0 saturated carbocycles. The van der Waals surface area contributed by atoms with Crippen molar-refractivity contribution in [2.24, 2.45) is 0 Å². The van der Waals surface area contributed by atoms with Gasteiger partial charge in [0.25, 0.3) is 11.8 Å². The van der Waals surface area contributed by atoms with Crippen LogP contribution < -0.4 is 14.2 Å². The first kappa shape index (κ1) is 30.7. The summed E-state index contributed by atoms with van der Waals surface area (Å²) in [5.41, 5.74) is 1.38. The van der Waals surface area contributed by atoms with Gasteiger partial charge < -0.3 is 33.8 Å². The van der Waals surface area contributed by atoms with Gasteiger partial charge in [-0.05, 0) is 51.2 Å². The molecule has 2 fully saturated rings. The number of piperazine rings is 2. The molecule has 1 aromatic carbocycles. The van der Waals surface area contributed by atoms with E-state index in [1.54, 1.807) is 11.7 Å². The molecule has 0 radical (unpaired) electrons. The quantitative estimate of drug-likeness (QED) is 0.361. The van der Waals surface area contributed by atoms with E-state index >= 15 is 0 Å². The maximum atomic E-state index is 14.4. The number of hydrogen-bond acceptors (Lipinski definition) is 7. The predicted molar refractivity (Wildman–Crippen MR) is 160 cm³/mol. The van der Waals surface area contributed by atoms with Gasteiger partial charge in [-0.2, -0.15) is 0 Å². The van der Waals surface area contributed by atoms with Gasteiger partial charge in [0.05, 0.1) is 20.3 Å². The number of ether oxygens (including phenoxy) is 3. The minimum atomic E-state index is -0.154. The molecule has 2 aliphatic heterocycles. The third-order valence-electron chi connectivity index (χ3n) is 7.89. The Labute approximate surface area is 244 Å². The highest BCUT2D eigenvalue weighted by molar-refractivity contribution is 6.04. The third kappa shape index (κ3) is 7.16. The van der Waals surface area contributed by atoms with Crippen LogP contribution in [0.15, 0.2) is 24.3 Å². The summed E-state index contributed by atoms with van der Waals surface area (Å²) in [4.78, 5) is 37.0. The summed E-state index contributed by atoms with van der Waals surface area (Å²) in [6, 6.07) is 7.45. The van der Waals surface area contributed by atoms with Crippen molar-refractivity contribution in [3.63, 3.8) is 0 Å². The lowest BCUT2D eigenvalue weighted by atomic mass is 10.2. The summed E-state index contributed by atoms with van der Waals surface area (Å²) in [6.07, 6.45) is 3.54. The van der Waals surface area contributed by atoms with E-state index < -0.39 is 0 Å². The Bertz CT molecular complexity index is 1080. The average molecular weight is 570 g/mol. The van der Waals surface area contributed by atoms with Crippen molar-refractivity contribution in [3.05, 3.63) is 35.7 Å². The number of carbonyl (C=O) groups is 2. The molecule has 2 saturated heterocycles. The normalized spacial score (nSPS) is 16.6. The summed E-state index contributed by atoms with van der Waals surface area (Å²) < 4.78 is 20.0. The molecular formula is C31H47N5O5. The molecule has 2 aromatic rings. The number of benzene rings is 1. The van der Waals surface area contributed by atoms with Crippen molar-refractivity contribution < 1.29 is 23.8 Å². The Morgan fingerprint density at radius 2 is 1.10 bits per heavy atom. The molecule has 4 rings (SSSR count). The number of aromatic nitrogens is 1. The number of unbranched alkanes of at least 4 members (excludes halogenated alkanes) is 2. The van der Waals surface area contributed by atoms with Crippen LogP contribution in [0, 0.1) is 0 Å². The molecule has 10 nitrogen and oxygen atoms in total. The van der Waals surface area contributed by atoms with Crippen LogP contribution in [-0.4, -0.2) is 123 Å². The van der Waals surface area contributed by atoms with E-state index in [-0.39, 0.29) is 11.8 Å². The van der Waals surface area contributed by atoms with E-state index in [1.807, 2.05) is 34.1 Å². The van der Waals surface area contributed by atoms with E-state index in [1.165, 1.54) is 0 Å². The van der Waals surface area contributed by atoms with Gasteiger partial charge in [-0.1, -0.05) is 26.7 Å². The lowest BCUT2D eigenvalue weighted by Crippen LogP contribution is -2.48. The number of hydrogen-bond donors (Lipinski definition) is 0. The van der Waals surface area contributed by atoms with Gasteiger partial charge in [0.1, 0.15) is 5.75 Å². The molecule has 2 amide bonds. The van der Waals surface area contributed by atoms with E-state index in [4.69, 9.17) is 14.2 Å².